The van der Waals surface area contributed by atoms with Crippen molar-refractivity contribution >= 4 is 5.97 Å². The second-order valence-corrected chi connectivity index (χ2v) is 6.13. The molecule has 5 nitrogen and oxygen atoms in total. The van der Waals surface area contributed by atoms with Crippen LogP contribution in [0.4, 0.5) is 0 Å². The molecule has 1 saturated carbocycles. The van der Waals surface area contributed by atoms with Gasteiger partial charge in [-0.05, 0) is 48.6 Å². The molecule has 124 valence electrons. The molecule has 1 unspecified atom stereocenters. The molecule has 0 radical (unpaired) electrons. The van der Waals surface area contributed by atoms with Gasteiger partial charge in [0.1, 0.15) is 12.4 Å². The normalized spacial score (nSPS) is 19.0. The van der Waals surface area contributed by atoms with E-state index >= 15 is 0 Å². The van der Waals surface area contributed by atoms with Crippen LogP contribution >= 0.6 is 0 Å². The van der Waals surface area contributed by atoms with Crippen molar-refractivity contribution < 1.29 is 24.1 Å². The number of esters is 1. The number of aliphatic hydroxyl groups excluding tert-OH is 1. The Morgan fingerprint density at radius 3 is 2.62 bits per heavy atom. The number of benzene rings is 2. The predicted octanol–water partition coefficient (Wildman–Crippen LogP) is 2.92. The fourth-order valence-electron chi connectivity index (χ4n) is 2.72. The van der Waals surface area contributed by atoms with Crippen LogP contribution in [0, 0.1) is 0 Å². The fourth-order valence-corrected chi connectivity index (χ4v) is 2.72. The Hall–Kier alpha value is -2.53. The van der Waals surface area contributed by atoms with Crippen molar-refractivity contribution in [1.29, 1.82) is 0 Å². The first-order valence-corrected chi connectivity index (χ1v) is 8.09. The SMILES string of the molecule is O=C(Oc1ccc2c(c1)OC(CO)CO2)c1ccc(C2CC2)cc1. The van der Waals surface area contributed by atoms with Crippen LogP contribution in [0.3, 0.4) is 0 Å². The molecule has 1 N–H and O–H groups in total. The summed E-state index contributed by atoms with van der Waals surface area (Å²) in [6.45, 7) is 0.173. The van der Waals surface area contributed by atoms with Crippen molar-refractivity contribution in [3.8, 4) is 17.2 Å². The number of fused-ring (bicyclic) bond motifs is 1. The zero-order valence-corrected chi connectivity index (χ0v) is 13.1. The number of carbonyl (C=O) groups is 1. The van der Waals surface area contributed by atoms with E-state index in [-0.39, 0.29) is 6.61 Å². The lowest BCUT2D eigenvalue weighted by Crippen LogP contribution is -2.32. The molecule has 0 amide bonds. The van der Waals surface area contributed by atoms with E-state index in [2.05, 4.69) is 0 Å². The highest BCUT2D eigenvalue weighted by atomic mass is 16.6. The quantitative estimate of drug-likeness (QED) is 0.691. The number of ether oxygens (including phenoxy) is 3. The van der Waals surface area contributed by atoms with Crippen LogP contribution in [0.2, 0.25) is 0 Å². The van der Waals surface area contributed by atoms with E-state index in [0.29, 0.717) is 35.3 Å². The monoisotopic (exact) mass is 326 g/mol. The summed E-state index contributed by atoms with van der Waals surface area (Å²) < 4.78 is 16.5. The molecule has 5 heteroatoms. The van der Waals surface area contributed by atoms with Crippen LogP contribution in [-0.4, -0.2) is 30.4 Å². The lowest BCUT2D eigenvalue weighted by Gasteiger charge is -2.25. The topological polar surface area (TPSA) is 65.0 Å². The second-order valence-electron chi connectivity index (χ2n) is 6.13. The van der Waals surface area contributed by atoms with Crippen molar-refractivity contribution in [2.24, 2.45) is 0 Å². The summed E-state index contributed by atoms with van der Waals surface area (Å²) in [5, 5.41) is 9.16. The largest absolute Gasteiger partial charge is 0.486 e. The van der Waals surface area contributed by atoms with E-state index in [1.165, 1.54) is 18.4 Å². The first kappa shape index (κ1) is 15.0. The van der Waals surface area contributed by atoms with Gasteiger partial charge in [-0.15, -0.1) is 0 Å². The summed E-state index contributed by atoms with van der Waals surface area (Å²) in [4.78, 5) is 12.3. The van der Waals surface area contributed by atoms with Gasteiger partial charge in [-0.3, -0.25) is 0 Å². The van der Waals surface area contributed by atoms with Gasteiger partial charge in [0, 0.05) is 6.07 Å². The molecular weight excluding hydrogens is 308 g/mol. The highest BCUT2D eigenvalue weighted by Crippen LogP contribution is 2.40. The molecule has 4 rings (SSSR count). The van der Waals surface area contributed by atoms with Crippen LogP contribution in [0.1, 0.15) is 34.7 Å². The molecule has 0 spiro atoms. The van der Waals surface area contributed by atoms with Gasteiger partial charge in [0.05, 0.1) is 12.2 Å². The second kappa shape index (κ2) is 6.17. The molecule has 0 bridgehead atoms. The Labute approximate surface area is 139 Å². The molecule has 1 heterocycles. The minimum absolute atomic E-state index is 0.128. The van der Waals surface area contributed by atoms with E-state index in [1.54, 1.807) is 30.3 Å². The molecule has 2 aliphatic rings. The van der Waals surface area contributed by atoms with Crippen LogP contribution in [0.25, 0.3) is 0 Å². The molecular formula is C19H18O5. The molecule has 24 heavy (non-hydrogen) atoms. The zero-order valence-electron chi connectivity index (χ0n) is 13.1. The Kier molecular flexibility index (Phi) is 3.86. The standard InChI is InChI=1S/C19H18O5/c20-10-16-11-22-17-8-7-15(9-18(17)23-16)24-19(21)14-5-3-13(4-6-14)12-1-2-12/h3-9,12,16,20H,1-2,10-11H2. The number of carbonyl (C=O) groups excluding carboxylic acids is 1. The molecule has 1 aliphatic carbocycles. The maximum absolute atomic E-state index is 12.3. The van der Waals surface area contributed by atoms with Gasteiger partial charge in [0.2, 0.25) is 0 Å². The molecule has 1 atom stereocenters. The van der Waals surface area contributed by atoms with E-state index < -0.39 is 12.1 Å². The van der Waals surface area contributed by atoms with E-state index in [1.807, 2.05) is 12.1 Å². The average molecular weight is 326 g/mol. The van der Waals surface area contributed by atoms with Gasteiger partial charge in [0.15, 0.2) is 17.6 Å². The highest BCUT2D eigenvalue weighted by Gasteiger charge is 2.24. The van der Waals surface area contributed by atoms with Crippen molar-refractivity contribution in [1.82, 2.24) is 0 Å². The highest BCUT2D eigenvalue weighted by molar-refractivity contribution is 5.91. The minimum Gasteiger partial charge on any atom is -0.486 e. The Morgan fingerprint density at radius 2 is 1.92 bits per heavy atom. The van der Waals surface area contributed by atoms with Crippen molar-refractivity contribution in [2.45, 2.75) is 24.9 Å². The summed E-state index contributed by atoms with van der Waals surface area (Å²) in [5.41, 5.74) is 1.79. The van der Waals surface area contributed by atoms with Gasteiger partial charge in [-0.2, -0.15) is 0 Å². The van der Waals surface area contributed by atoms with Crippen LogP contribution in [-0.2, 0) is 0 Å². The first-order chi connectivity index (χ1) is 11.7. The van der Waals surface area contributed by atoms with E-state index in [0.717, 1.165) is 0 Å². The van der Waals surface area contributed by atoms with Gasteiger partial charge in [0.25, 0.3) is 0 Å². The minimum atomic E-state index is -0.410. The summed E-state index contributed by atoms with van der Waals surface area (Å²) in [6, 6.07) is 12.5. The summed E-state index contributed by atoms with van der Waals surface area (Å²) >= 11 is 0. The zero-order chi connectivity index (χ0) is 16.5. The summed E-state index contributed by atoms with van der Waals surface area (Å²) in [6.07, 6.45) is 2.06. The first-order valence-electron chi connectivity index (χ1n) is 8.09. The smallest absolute Gasteiger partial charge is 0.343 e. The van der Waals surface area contributed by atoms with Gasteiger partial charge in [-0.25, -0.2) is 4.79 Å². The fraction of sp³-hybridized carbons (Fsp3) is 0.316. The molecule has 1 aliphatic heterocycles. The molecule has 1 fully saturated rings. The molecule has 0 saturated heterocycles. The van der Waals surface area contributed by atoms with Crippen LogP contribution in [0.5, 0.6) is 17.2 Å². The number of rotatable bonds is 4. The van der Waals surface area contributed by atoms with Crippen molar-refractivity contribution in [2.75, 3.05) is 13.2 Å². The number of hydrogen-bond donors (Lipinski definition) is 1. The van der Waals surface area contributed by atoms with Gasteiger partial charge in [-0.1, -0.05) is 12.1 Å². The lowest BCUT2D eigenvalue weighted by molar-refractivity contribution is 0.0451. The van der Waals surface area contributed by atoms with Crippen LogP contribution in [0.15, 0.2) is 42.5 Å². The van der Waals surface area contributed by atoms with Crippen LogP contribution < -0.4 is 14.2 Å². The average Bonchev–Trinajstić information content (AvgIpc) is 3.46. The van der Waals surface area contributed by atoms with E-state index in [9.17, 15) is 4.79 Å². The van der Waals surface area contributed by atoms with Crippen molar-refractivity contribution in [3.63, 3.8) is 0 Å². The third-order valence-corrected chi connectivity index (χ3v) is 4.24. The Morgan fingerprint density at radius 1 is 1.12 bits per heavy atom. The van der Waals surface area contributed by atoms with Crippen molar-refractivity contribution in [3.05, 3.63) is 53.6 Å². The summed E-state index contributed by atoms with van der Waals surface area (Å²) in [5.74, 6) is 1.68. The summed E-state index contributed by atoms with van der Waals surface area (Å²) in [7, 11) is 0. The Balaban J connectivity index is 1.47. The number of aliphatic hydroxyl groups is 1. The number of hydrogen-bond acceptors (Lipinski definition) is 5. The maximum atomic E-state index is 12.3. The van der Waals surface area contributed by atoms with Gasteiger partial charge < -0.3 is 19.3 Å². The van der Waals surface area contributed by atoms with E-state index in [4.69, 9.17) is 19.3 Å². The third kappa shape index (κ3) is 3.08. The lowest BCUT2D eigenvalue weighted by atomic mass is 10.1. The molecule has 2 aromatic rings. The Bertz CT molecular complexity index is 749. The predicted molar refractivity (Wildman–Crippen MR) is 86.8 cm³/mol. The maximum Gasteiger partial charge on any atom is 0.343 e. The van der Waals surface area contributed by atoms with Gasteiger partial charge >= 0.3 is 5.97 Å². The molecule has 2 aromatic carbocycles. The molecule has 0 aromatic heterocycles. The third-order valence-electron chi connectivity index (χ3n) is 4.24.